The summed E-state index contributed by atoms with van der Waals surface area (Å²) in [6.45, 7) is 5.32. The number of benzene rings is 4. The molecule has 0 aliphatic heterocycles. The summed E-state index contributed by atoms with van der Waals surface area (Å²) < 4.78 is 3.56. The Morgan fingerprint density at radius 1 is 0.247 bits per heavy atom. The van der Waals surface area contributed by atoms with Crippen molar-refractivity contribution < 1.29 is 0 Å². The molecule has 3 atom stereocenters. The van der Waals surface area contributed by atoms with E-state index < -0.39 is 16.1 Å². The Bertz CT molecular complexity index is 2620. The summed E-state index contributed by atoms with van der Waals surface area (Å²) in [5, 5.41) is 6.91. The van der Waals surface area contributed by atoms with E-state index in [4.69, 9.17) is 0 Å². The molecule has 0 spiro atoms. The lowest BCUT2D eigenvalue weighted by Crippen LogP contribution is -2.45. The molecule has 13 rings (SSSR count). The van der Waals surface area contributed by atoms with Gasteiger partial charge in [-0.05, 0) is 265 Å². The van der Waals surface area contributed by atoms with Crippen molar-refractivity contribution in [2.45, 2.75) is 356 Å². The number of hydrogen-bond acceptors (Lipinski definition) is 1. The topological polar surface area (TPSA) is 3.24 Å². The van der Waals surface area contributed by atoms with Crippen molar-refractivity contribution in [3.8, 4) is 0 Å². The number of rotatable bonds is 16. The van der Waals surface area contributed by atoms with Gasteiger partial charge in [0.1, 0.15) is 0 Å². The Balaban J connectivity index is 1.09. The van der Waals surface area contributed by atoms with Crippen molar-refractivity contribution in [1.29, 1.82) is 0 Å². The molecule has 0 radical (unpaired) electrons. The molecule has 4 aromatic rings. The van der Waals surface area contributed by atoms with Gasteiger partial charge in [-0.15, -0.1) is 0 Å². The molecule has 1 nitrogen and oxygen atoms in total. The molecule has 0 bridgehead atoms. The third-order valence-electron chi connectivity index (χ3n) is 25.2. The van der Waals surface area contributed by atoms with Crippen LogP contribution >= 0.6 is 16.1 Å². The maximum absolute atomic E-state index is 3.56. The number of nitrogens with zero attached hydrogens (tertiary/aromatic N) is 1. The van der Waals surface area contributed by atoms with Crippen LogP contribution in [0.25, 0.3) is 0 Å². The molecule has 0 heterocycles. The zero-order valence-corrected chi connectivity index (χ0v) is 56.2. The second-order valence-corrected chi connectivity index (χ2v) is 35.5. The summed E-state index contributed by atoms with van der Waals surface area (Å²) in [4.78, 5) is 0. The van der Waals surface area contributed by atoms with Gasteiger partial charge in [0, 0.05) is 22.2 Å². The van der Waals surface area contributed by atoms with Crippen LogP contribution in [0.4, 0.5) is 0 Å². The normalized spacial score (nSPS) is 25.7. The van der Waals surface area contributed by atoms with Gasteiger partial charge in [-0.2, -0.15) is 0 Å². The van der Waals surface area contributed by atoms with E-state index in [0.29, 0.717) is 41.5 Å². The van der Waals surface area contributed by atoms with Crippen LogP contribution in [0.1, 0.15) is 395 Å². The van der Waals surface area contributed by atoms with Gasteiger partial charge in [0.15, 0.2) is 0 Å². The molecule has 462 valence electrons. The Kier molecular flexibility index (Phi) is 21.9. The summed E-state index contributed by atoms with van der Waals surface area (Å²) in [6, 6.07) is 35.4. The van der Waals surface area contributed by atoms with Crippen LogP contribution in [0.15, 0.2) is 72.8 Å². The van der Waals surface area contributed by atoms with Crippen LogP contribution in [0.2, 0.25) is 0 Å². The molecule has 9 aliphatic rings. The summed E-state index contributed by atoms with van der Waals surface area (Å²) in [5.41, 5.74) is 14.4. The van der Waals surface area contributed by atoms with E-state index in [1.807, 2.05) is 22.3 Å². The molecule has 3 heteroatoms. The number of hydrogen-bond donors (Lipinski definition) is 0. The van der Waals surface area contributed by atoms with Gasteiger partial charge < -0.3 is 0 Å². The lowest BCUT2D eigenvalue weighted by Gasteiger charge is -2.50. The lowest BCUT2D eigenvalue weighted by atomic mass is 9.76. The van der Waals surface area contributed by atoms with Gasteiger partial charge in [-0.25, -0.2) is 4.44 Å². The van der Waals surface area contributed by atoms with Crippen molar-refractivity contribution in [2.75, 3.05) is 0 Å². The Labute approximate surface area is 524 Å². The van der Waals surface area contributed by atoms with E-state index in [2.05, 4.69) is 91.1 Å². The van der Waals surface area contributed by atoms with E-state index in [9.17, 15) is 0 Å². The SMILES string of the molecule is CC(C)C1CCCCC1N(P(c1ccc(C2CCCCC2)c(C2CCCCCC2)c1)c1ccc(C2CCCCC2)c(C2CCCCC2)c1)P(c1ccc(C2CCCCC2)c(C2CCCCC2)c1)c1ccc(C2CCCCC2)c(C2CCCCC2)c1. The molecular weight excluding hydrogens is 1060 g/mol. The maximum Gasteiger partial charge on any atom is 0.0326 e. The Morgan fingerprint density at radius 3 is 0.682 bits per heavy atom. The van der Waals surface area contributed by atoms with E-state index in [1.54, 1.807) is 43.5 Å². The van der Waals surface area contributed by atoms with Gasteiger partial charge in [-0.1, -0.05) is 236 Å². The summed E-state index contributed by atoms with van der Waals surface area (Å²) in [6.07, 6.45) is 63.4. The van der Waals surface area contributed by atoms with Gasteiger partial charge in [0.2, 0.25) is 0 Å². The smallest absolute Gasteiger partial charge is 0.0326 e. The van der Waals surface area contributed by atoms with Crippen molar-refractivity contribution >= 4 is 37.4 Å². The first-order valence-corrected chi connectivity index (χ1v) is 40.6. The molecular formula is C82H119NP2. The third-order valence-corrected chi connectivity index (χ3v) is 30.8. The van der Waals surface area contributed by atoms with Crippen LogP contribution in [-0.4, -0.2) is 10.5 Å². The molecule has 0 saturated heterocycles. The monoisotopic (exact) mass is 1180 g/mol. The van der Waals surface area contributed by atoms with Crippen molar-refractivity contribution in [3.63, 3.8) is 0 Å². The molecule has 9 aliphatic carbocycles. The van der Waals surface area contributed by atoms with Crippen LogP contribution in [-0.2, 0) is 0 Å². The quantitative estimate of drug-likeness (QED) is 0.0798. The highest BCUT2D eigenvalue weighted by Crippen LogP contribution is 2.61. The average Bonchev–Trinajstić information content (AvgIpc) is 1.91. The van der Waals surface area contributed by atoms with Crippen LogP contribution in [0, 0.1) is 11.8 Å². The zero-order valence-electron chi connectivity index (χ0n) is 54.4. The third kappa shape index (κ3) is 14.4. The van der Waals surface area contributed by atoms with E-state index in [0.717, 1.165) is 23.7 Å². The minimum Gasteiger partial charge on any atom is -0.241 e. The summed E-state index contributed by atoms with van der Waals surface area (Å²) in [5.74, 6) is 7.12. The van der Waals surface area contributed by atoms with E-state index in [1.165, 1.54) is 289 Å². The molecule has 9 fully saturated rings. The molecule has 85 heavy (non-hydrogen) atoms. The fourth-order valence-electron chi connectivity index (χ4n) is 20.5. The molecule has 0 N–H and O–H groups in total. The highest BCUT2D eigenvalue weighted by Gasteiger charge is 2.44. The first-order chi connectivity index (χ1) is 42.0. The highest BCUT2D eigenvalue weighted by atomic mass is 31.2. The van der Waals surface area contributed by atoms with Gasteiger partial charge in [0.05, 0.1) is 0 Å². The zero-order chi connectivity index (χ0) is 57.3. The largest absolute Gasteiger partial charge is 0.241 e. The molecule has 9 saturated carbocycles. The lowest BCUT2D eigenvalue weighted by molar-refractivity contribution is 0.191. The average molecular weight is 1180 g/mol. The van der Waals surface area contributed by atoms with Crippen LogP contribution < -0.4 is 21.2 Å². The first-order valence-electron chi connectivity index (χ1n) is 38.0. The summed E-state index contributed by atoms with van der Waals surface area (Å²) >= 11 is 0. The fourth-order valence-corrected chi connectivity index (χ4v) is 27.1. The molecule has 3 unspecified atom stereocenters. The highest BCUT2D eigenvalue weighted by molar-refractivity contribution is 7.84. The fraction of sp³-hybridized carbons (Fsp3) is 0.707. The first kappa shape index (κ1) is 61.6. The maximum atomic E-state index is 3.56. The second kappa shape index (κ2) is 30.2. The van der Waals surface area contributed by atoms with Crippen LogP contribution in [0.5, 0.6) is 0 Å². The molecule has 0 amide bonds. The predicted molar refractivity (Wildman–Crippen MR) is 372 cm³/mol. The van der Waals surface area contributed by atoms with Gasteiger partial charge in [-0.3, -0.25) is 0 Å². The molecule has 4 aromatic carbocycles. The van der Waals surface area contributed by atoms with Crippen molar-refractivity contribution in [1.82, 2.24) is 4.44 Å². The molecule has 0 aromatic heterocycles. The summed E-state index contributed by atoms with van der Waals surface area (Å²) in [7, 11) is -1.88. The predicted octanol–water partition coefficient (Wildman–Crippen LogP) is 24.4. The Morgan fingerprint density at radius 2 is 0.447 bits per heavy atom. The van der Waals surface area contributed by atoms with Crippen molar-refractivity contribution in [3.05, 3.63) is 117 Å². The van der Waals surface area contributed by atoms with Gasteiger partial charge in [0.25, 0.3) is 0 Å². The second-order valence-electron chi connectivity index (χ2n) is 31.0. The van der Waals surface area contributed by atoms with E-state index >= 15 is 0 Å². The van der Waals surface area contributed by atoms with E-state index in [-0.39, 0.29) is 0 Å². The minimum absolute atomic E-state index is 0.536. The van der Waals surface area contributed by atoms with Crippen molar-refractivity contribution in [2.24, 2.45) is 11.8 Å². The van der Waals surface area contributed by atoms with Gasteiger partial charge >= 0.3 is 0 Å². The minimum atomic E-state index is -0.942. The van der Waals surface area contributed by atoms with Crippen LogP contribution in [0.3, 0.4) is 0 Å². The standard InChI is InChI=1S/C82H119NP2/c1-60(2)73-46-28-29-47-82(73)83(85(71-50-54-76(63-34-18-7-19-35-63)80(58-71)67-42-24-10-25-43-67)72-51-55-77(64-36-20-8-21-37-64)81(59-72)68-44-26-11-27-45-68)84(70-49-53-75(62-32-16-6-17-33-62)79(57-70)66-40-22-9-23-41-66)69-48-52-74(61-30-14-5-15-31-61)78(56-69)65-38-12-3-4-13-39-65/h48-68,73,82H,3-47H2,1-2H3. The Hall–Kier alpha value is -2.30.